The number of nitrogens with two attached hydrogens (primary N) is 1. The number of piperidine rings is 1. The van der Waals surface area contributed by atoms with Crippen molar-refractivity contribution in [3.05, 3.63) is 12.4 Å². The Labute approximate surface area is 160 Å². The Kier molecular flexibility index (Phi) is 7.06. The molecule has 0 unspecified atom stereocenters. The van der Waals surface area contributed by atoms with Crippen LogP contribution in [0.3, 0.4) is 0 Å². The summed E-state index contributed by atoms with van der Waals surface area (Å²) in [6.07, 6.45) is 7.74. The van der Waals surface area contributed by atoms with Crippen LogP contribution >= 0.6 is 12.4 Å². The number of nitrogens with one attached hydrogen (secondary N) is 1. The van der Waals surface area contributed by atoms with Crippen molar-refractivity contribution in [2.45, 2.75) is 55.5 Å². The van der Waals surface area contributed by atoms with E-state index in [-0.39, 0.29) is 41.2 Å². The van der Waals surface area contributed by atoms with E-state index in [2.05, 4.69) is 10.4 Å². The number of aromatic nitrogens is 2. The van der Waals surface area contributed by atoms with Crippen molar-refractivity contribution in [2.75, 3.05) is 13.1 Å². The smallest absolute Gasteiger partial charge is 0.246 e. The van der Waals surface area contributed by atoms with Crippen molar-refractivity contribution in [1.82, 2.24) is 19.4 Å². The van der Waals surface area contributed by atoms with Gasteiger partial charge in [-0.25, -0.2) is 8.42 Å². The largest absolute Gasteiger partial charge is 0.353 e. The molecule has 1 saturated heterocycles. The maximum Gasteiger partial charge on any atom is 0.246 e. The summed E-state index contributed by atoms with van der Waals surface area (Å²) >= 11 is 0. The van der Waals surface area contributed by atoms with E-state index in [9.17, 15) is 13.2 Å². The fourth-order valence-corrected chi connectivity index (χ4v) is 5.22. The van der Waals surface area contributed by atoms with Gasteiger partial charge in [0, 0.05) is 44.8 Å². The number of hydrogen-bond acceptors (Lipinski definition) is 5. The first-order valence-electron chi connectivity index (χ1n) is 8.90. The van der Waals surface area contributed by atoms with Gasteiger partial charge in [0.25, 0.3) is 0 Å². The van der Waals surface area contributed by atoms with Crippen LogP contribution in [0, 0.1) is 5.92 Å². The summed E-state index contributed by atoms with van der Waals surface area (Å²) in [4.78, 5) is 12.4. The standard InChI is InChI=1S/C16H27N5O3S.ClH/c1-20-11-14(10-18-20)25(23,24)21-7-5-13(6-8-21)19-16(22)9-12-3-2-4-15(12)17;/h10-13,15H,2-9,17H2,1H3,(H,19,22);1H/t12-,15+;/m0./s1. The second kappa shape index (κ2) is 8.69. The Morgan fingerprint density at radius 2 is 2.00 bits per heavy atom. The lowest BCUT2D eigenvalue weighted by atomic mass is 9.99. The predicted octanol–water partition coefficient (Wildman–Crippen LogP) is 0.629. The molecular formula is C16H28ClN5O3S. The van der Waals surface area contributed by atoms with Gasteiger partial charge in [-0.1, -0.05) is 6.42 Å². The third-order valence-corrected chi connectivity index (χ3v) is 7.15. The minimum Gasteiger partial charge on any atom is -0.353 e. The van der Waals surface area contributed by atoms with Crippen LogP contribution in [-0.4, -0.2) is 53.6 Å². The molecule has 1 aromatic rings. The second-order valence-electron chi connectivity index (χ2n) is 7.15. The molecule has 1 saturated carbocycles. The Bertz CT molecular complexity index is 715. The SMILES string of the molecule is Cl.Cn1cc(S(=O)(=O)N2CCC(NC(=O)C[C@@H]3CCC[C@H]3N)CC2)cn1. The average Bonchev–Trinajstić information content (AvgIpc) is 3.17. The Morgan fingerprint density at radius 1 is 1.31 bits per heavy atom. The number of carbonyl (C=O) groups excluding carboxylic acids is 1. The average molecular weight is 406 g/mol. The highest BCUT2D eigenvalue weighted by Crippen LogP contribution is 2.27. The molecule has 148 valence electrons. The van der Waals surface area contributed by atoms with Crippen molar-refractivity contribution in [3.63, 3.8) is 0 Å². The number of amides is 1. The van der Waals surface area contributed by atoms with Crippen LogP contribution in [0.1, 0.15) is 38.5 Å². The van der Waals surface area contributed by atoms with Crippen molar-refractivity contribution in [1.29, 1.82) is 0 Å². The minimum absolute atomic E-state index is 0. The van der Waals surface area contributed by atoms with Gasteiger partial charge >= 0.3 is 0 Å². The summed E-state index contributed by atoms with van der Waals surface area (Å²) in [6, 6.07) is 0.169. The molecule has 1 aliphatic heterocycles. The lowest BCUT2D eigenvalue weighted by Gasteiger charge is -2.31. The van der Waals surface area contributed by atoms with E-state index in [1.54, 1.807) is 7.05 Å². The summed E-state index contributed by atoms with van der Waals surface area (Å²) in [7, 11) is -1.81. The third-order valence-electron chi connectivity index (χ3n) is 5.30. The number of halogens is 1. The fraction of sp³-hybridized carbons (Fsp3) is 0.750. The zero-order chi connectivity index (χ0) is 18.0. The molecule has 26 heavy (non-hydrogen) atoms. The van der Waals surface area contributed by atoms with E-state index in [1.165, 1.54) is 21.4 Å². The molecule has 1 amide bonds. The summed E-state index contributed by atoms with van der Waals surface area (Å²) in [5.74, 6) is 0.321. The van der Waals surface area contributed by atoms with E-state index in [4.69, 9.17) is 5.73 Å². The van der Waals surface area contributed by atoms with E-state index in [0.717, 1.165) is 19.3 Å². The second-order valence-corrected chi connectivity index (χ2v) is 9.09. The molecule has 1 aliphatic carbocycles. The van der Waals surface area contributed by atoms with Gasteiger partial charge in [-0.15, -0.1) is 12.4 Å². The van der Waals surface area contributed by atoms with Gasteiger partial charge in [0.15, 0.2) is 0 Å². The highest BCUT2D eigenvalue weighted by atomic mass is 35.5. The lowest BCUT2D eigenvalue weighted by molar-refractivity contribution is -0.123. The fourth-order valence-electron chi connectivity index (χ4n) is 3.77. The molecule has 0 radical (unpaired) electrons. The molecule has 2 atom stereocenters. The van der Waals surface area contributed by atoms with Crippen molar-refractivity contribution in [2.24, 2.45) is 18.7 Å². The molecule has 2 aliphatic rings. The number of sulfonamides is 1. The number of hydrogen-bond donors (Lipinski definition) is 2. The summed E-state index contributed by atoms with van der Waals surface area (Å²) in [5.41, 5.74) is 6.02. The molecule has 2 fully saturated rings. The topological polar surface area (TPSA) is 110 Å². The number of carbonyl (C=O) groups is 1. The molecule has 0 bridgehead atoms. The van der Waals surface area contributed by atoms with E-state index in [1.807, 2.05) is 0 Å². The van der Waals surface area contributed by atoms with E-state index >= 15 is 0 Å². The first-order chi connectivity index (χ1) is 11.9. The highest BCUT2D eigenvalue weighted by molar-refractivity contribution is 7.89. The highest BCUT2D eigenvalue weighted by Gasteiger charge is 2.32. The van der Waals surface area contributed by atoms with Crippen LogP contribution in [0.5, 0.6) is 0 Å². The Balaban J connectivity index is 0.00000243. The zero-order valence-electron chi connectivity index (χ0n) is 15.0. The summed E-state index contributed by atoms with van der Waals surface area (Å²) < 4.78 is 28.1. The molecule has 8 nitrogen and oxygen atoms in total. The predicted molar refractivity (Wildman–Crippen MR) is 100 cm³/mol. The first kappa shape index (κ1) is 21.1. The molecule has 10 heteroatoms. The summed E-state index contributed by atoms with van der Waals surface area (Å²) in [5, 5.41) is 6.98. The monoisotopic (exact) mass is 405 g/mol. The zero-order valence-corrected chi connectivity index (χ0v) is 16.6. The van der Waals surface area contributed by atoms with Crippen molar-refractivity contribution in [3.8, 4) is 0 Å². The quantitative estimate of drug-likeness (QED) is 0.746. The molecule has 0 aromatic carbocycles. The van der Waals surface area contributed by atoms with Crippen LogP contribution in [0.2, 0.25) is 0 Å². The number of aryl methyl sites for hydroxylation is 1. The Hall–Kier alpha value is -1.16. The number of nitrogens with zero attached hydrogens (tertiary/aromatic N) is 3. The summed E-state index contributed by atoms with van der Waals surface area (Å²) in [6.45, 7) is 0.816. The lowest BCUT2D eigenvalue weighted by Crippen LogP contribution is -2.47. The third kappa shape index (κ3) is 4.76. The molecule has 1 aromatic heterocycles. The molecule has 3 rings (SSSR count). The van der Waals surface area contributed by atoms with Gasteiger partial charge in [-0.2, -0.15) is 9.40 Å². The minimum atomic E-state index is -3.50. The van der Waals surface area contributed by atoms with Crippen LogP contribution in [0.25, 0.3) is 0 Å². The normalized spacial score (nSPS) is 25.0. The van der Waals surface area contributed by atoms with Crippen LogP contribution < -0.4 is 11.1 Å². The molecule has 3 N–H and O–H groups in total. The van der Waals surface area contributed by atoms with Crippen LogP contribution in [0.4, 0.5) is 0 Å². The van der Waals surface area contributed by atoms with Crippen LogP contribution in [-0.2, 0) is 21.9 Å². The van der Waals surface area contributed by atoms with E-state index < -0.39 is 10.0 Å². The molecule has 2 heterocycles. The van der Waals surface area contributed by atoms with E-state index in [0.29, 0.717) is 32.4 Å². The van der Waals surface area contributed by atoms with Crippen molar-refractivity contribution < 1.29 is 13.2 Å². The van der Waals surface area contributed by atoms with Gasteiger partial charge < -0.3 is 11.1 Å². The Morgan fingerprint density at radius 3 is 2.54 bits per heavy atom. The van der Waals surface area contributed by atoms with Gasteiger partial charge in [-0.3, -0.25) is 9.48 Å². The van der Waals surface area contributed by atoms with Crippen molar-refractivity contribution >= 4 is 28.3 Å². The van der Waals surface area contributed by atoms with Crippen LogP contribution in [0.15, 0.2) is 17.3 Å². The maximum atomic E-state index is 12.6. The first-order valence-corrected chi connectivity index (χ1v) is 10.3. The number of rotatable bonds is 5. The van der Waals surface area contributed by atoms with Gasteiger partial charge in [0.2, 0.25) is 15.9 Å². The van der Waals surface area contributed by atoms with Gasteiger partial charge in [-0.05, 0) is 31.6 Å². The van der Waals surface area contributed by atoms with Gasteiger partial charge in [0.05, 0.1) is 6.20 Å². The molecule has 0 spiro atoms. The molecular weight excluding hydrogens is 378 g/mol. The maximum absolute atomic E-state index is 12.6. The van der Waals surface area contributed by atoms with Gasteiger partial charge in [0.1, 0.15) is 4.90 Å².